The SMILES string of the molecule is O=C(CN1CCN(C(=O)Cn2nnc3ccccc32)CC1)c1cccs1. The second-order valence-corrected chi connectivity index (χ2v) is 7.24. The van der Waals surface area contributed by atoms with Crippen LogP contribution in [-0.2, 0) is 11.3 Å². The molecular formula is C18H19N5O2S. The topological polar surface area (TPSA) is 71.3 Å². The summed E-state index contributed by atoms with van der Waals surface area (Å²) in [5.41, 5.74) is 1.65. The van der Waals surface area contributed by atoms with Crippen LogP contribution in [0.15, 0.2) is 41.8 Å². The van der Waals surface area contributed by atoms with Crippen LogP contribution in [-0.4, -0.2) is 69.2 Å². The number of amides is 1. The minimum absolute atomic E-state index is 0.0323. The number of nitrogens with zero attached hydrogens (tertiary/aromatic N) is 5. The maximum atomic E-state index is 12.6. The van der Waals surface area contributed by atoms with E-state index in [-0.39, 0.29) is 18.2 Å². The number of Topliss-reactive ketones (excluding diaryl/α,β-unsaturated/α-hetero) is 1. The molecule has 1 aliphatic heterocycles. The summed E-state index contributed by atoms with van der Waals surface area (Å²) in [4.78, 5) is 29.5. The Morgan fingerprint density at radius 1 is 1.00 bits per heavy atom. The monoisotopic (exact) mass is 369 g/mol. The van der Waals surface area contributed by atoms with E-state index in [0.717, 1.165) is 15.9 Å². The van der Waals surface area contributed by atoms with Gasteiger partial charge in [0.2, 0.25) is 5.91 Å². The first-order valence-corrected chi connectivity index (χ1v) is 9.44. The molecule has 0 N–H and O–H groups in total. The Balaban J connectivity index is 1.31. The van der Waals surface area contributed by atoms with Gasteiger partial charge in [-0.25, -0.2) is 4.68 Å². The second kappa shape index (κ2) is 7.35. The minimum atomic E-state index is 0.0323. The summed E-state index contributed by atoms with van der Waals surface area (Å²) in [5.74, 6) is 0.179. The average Bonchev–Trinajstić information content (AvgIpc) is 3.33. The molecule has 26 heavy (non-hydrogen) atoms. The van der Waals surface area contributed by atoms with Gasteiger partial charge in [-0.3, -0.25) is 14.5 Å². The first kappa shape index (κ1) is 16.9. The van der Waals surface area contributed by atoms with Crippen molar-refractivity contribution < 1.29 is 9.59 Å². The normalized spacial score (nSPS) is 15.5. The third kappa shape index (κ3) is 3.51. The molecule has 2 aromatic heterocycles. The molecule has 8 heteroatoms. The van der Waals surface area contributed by atoms with Crippen LogP contribution in [0, 0.1) is 0 Å². The predicted octanol–water partition coefficient (Wildman–Crippen LogP) is 1.52. The van der Waals surface area contributed by atoms with Gasteiger partial charge in [0.15, 0.2) is 5.78 Å². The minimum Gasteiger partial charge on any atom is -0.339 e. The Morgan fingerprint density at radius 3 is 2.58 bits per heavy atom. The number of para-hydroxylation sites is 1. The summed E-state index contributed by atoms with van der Waals surface area (Å²) in [5, 5.41) is 10.1. The number of hydrogen-bond donors (Lipinski definition) is 0. The number of aromatic nitrogens is 3. The summed E-state index contributed by atoms with van der Waals surface area (Å²) < 4.78 is 1.64. The van der Waals surface area contributed by atoms with Crippen molar-refractivity contribution in [2.45, 2.75) is 6.54 Å². The maximum absolute atomic E-state index is 12.6. The average molecular weight is 369 g/mol. The highest BCUT2D eigenvalue weighted by Crippen LogP contribution is 2.13. The molecule has 0 aliphatic carbocycles. The molecule has 134 valence electrons. The Hall–Kier alpha value is -2.58. The molecule has 7 nitrogen and oxygen atoms in total. The first-order chi connectivity index (χ1) is 12.7. The van der Waals surface area contributed by atoms with Crippen molar-refractivity contribution in [3.8, 4) is 0 Å². The van der Waals surface area contributed by atoms with Gasteiger partial charge in [0.25, 0.3) is 0 Å². The molecule has 1 saturated heterocycles. The molecule has 0 atom stereocenters. The Bertz CT molecular complexity index is 913. The number of piperazine rings is 1. The van der Waals surface area contributed by atoms with E-state index in [0.29, 0.717) is 32.7 Å². The molecule has 3 heterocycles. The number of thiophene rings is 1. The van der Waals surface area contributed by atoms with Crippen molar-refractivity contribution in [2.24, 2.45) is 0 Å². The number of benzene rings is 1. The Morgan fingerprint density at radius 2 is 1.81 bits per heavy atom. The summed E-state index contributed by atoms with van der Waals surface area (Å²) >= 11 is 1.47. The molecular weight excluding hydrogens is 350 g/mol. The Kier molecular flexibility index (Phi) is 4.77. The van der Waals surface area contributed by atoms with E-state index in [2.05, 4.69) is 15.2 Å². The van der Waals surface area contributed by atoms with Crippen molar-refractivity contribution in [3.63, 3.8) is 0 Å². The zero-order valence-electron chi connectivity index (χ0n) is 14.2. The highest BCUT2D eigenvalue weighted by atomic mass is 32.1. The van der Waals surface area contributed by atoms with E-state index in [1.165, 1.54) is 11.3 Å². The number of hydrogen-bond acceptors (Lipinski definition) is 6. The van der Waals surface area contributed by atoms with Gasteiger partial charge < -0.3 is 4.90 Å². The van der Waals surface area contributed by atoms with Gasteiger partial charge in [-0.2, -0.15) is 0 Å². The molecule has 0 saturated carbocycles. The van der Waals surface area contributed by atoms with Gasteiger partial charge in [0, 0.05) is 26.2 Å². The number of carbonyl (C=O) groups excluding carboxylic acids is 2. The van der Waals surface area contributed by atoms with E-state index >= 15 is 0 Å². The molecule has 0 radical (unpaired) electrons. The Labute approximate surface area is 154 Å². The zero-order valence-corrected chi connectivity index (χ0v) is 15.1. The van der Waals surface area contributed by atoms with E-state index in [1.807, 2.05) is 46.7 Å². The van der Waals surface area contributed by atoms with Crippen LogP contribution >= 0.6 is 11.3 Å². The quantitative estimate of drug-likeness (QED) is 0.638. The van der Waals surface area contributed by atoms with Gasteiger partial charge in [0.05, 0.1) is 16.9 Å². The molecule has 1 fully saturated rings. The van der Waals surface area contributed by atoms with Crippen molar-refractivity contribution >= 4 is 34.1 Å². The van der Waals surface area contributed by atoms with Gasteiger partial charge in [-0.1, -0.05) is 23.4 Å². The van der Waals surface area contributed by atoms with Crippen LogP contribution in [0.3, 0.4) is 0 Å². The first-order valence-electron chi connectivity index (χ1n) is 8.56. The summed E-state index contributed by atoms with van der Waals surface area (Å²) in [6.07, 6.45) is 0. The van der Waals surface area contributed by atoms with Gasteiger partial charge in [-0.15, -0.1) is 16.4 Å². The van der Waals surface area contributed by atoms with Gasteiger partial charge in [-0.05, 0) is 23.6 Å². The smallest absolute Gasteiger partial charge is 0.244 e. The maximum Gasteiger partial charge on any atom is 0.244 e. The van der Waals surface area contributed by atoms with Crippen LogP contribution in [0.25, 0.3) is 11.0 Å². The summed E-state index contributed by atoms with van der Waals surface area (Å²) in [6.45, 7) is 3.28. The molecule has 1 aliphatic rings. The number of fused-ring (bicyclic) bond motifs is 1. The standard InChI is InChI=1S/C18H19N5O2S/c24-16(17-6-3-11-26-17)12-21-7-9-22(10-8-21)18(25)13-23-15-5-2-1-4-14(15)19-20-23/h1-6,11H,7-10,12-13H2. The molecule has 1 aromatic carbocycles. The third-order valence-electron chi connectivity index (χ3n) is 4.59. The fraction of sp³-hybridized carbons (Fsp3) is 0.333. The largest absolute Gasteiger partial charge is 0.339 e. The lowest BCUT2D eigenvalue weighted by Crippen LogP contribution is -2.50. The van der Waals surface area contributed by atoms with Crippen molar-refractivity contribution in [2.75, 3.05) is 32.7 Å². The number of carbonyl (C=O) groups is 2. The van der Waals surface area contributed by atoms with E-state index in [1.54, 1.807) is 4.68 Å². The molecule has 4 rings (SSSR count). The predicted molar refractivity (Wildman–Crippen MR) is 99.2 cm³/mol. The molecule has 0 bridgehead atoms. The van der Waals surface area contributed by atoms with Gasteiger partial charge in [0.1, 0.15) is 12.1 Å². The van der Waals surface area contributed by atoms with Crippen LogP contribution in [0.2, 0.25) is 0 Å². The fourth-order valence-electron chi connectivity index (χ4n) is 3.14. The lowest BCUT2D eigenvalue weighted by atomic mass is 10.2. The third-order valence-corrected chi connectivity index (χ3v) is 5.50. The molecule has 1 amide bonds. The molecule has 0 spiro atoms. The summed E-state index contributed by atoms with van der Waals surface area (Å²) in [6, 6.07) is 11.4. The van der Waals surface area contributed by atoms with Crippen LogP contribution in [0.5, 0.6) is 0 Å². The fourth-order valence-corrected chi connectivity index (χ4v) is 3.79. The second-order valence-electron chi connectivity index (χ2n) is 6.29. The number of rotatable bonds is 5. The van der Waals surface area contributed by atoms with E-state index < -0.39 is 0 Å². The lowest BCUT2D eigenvalue weighted by Gasteiger charge is -2.34. The highest BCUT2D eigenvalue weighted by Gasteiger charge is 2.23. The lowest BCUT2D eigenvalue weighted by molar-refractivity contribution is -0.133. The number of ketones is 1. The highest BCUT2D eigenvalue weighted by molar-refractivity contribution is 7.12. The van der Waals surface area contributed by atoms with Gasteiger partial charge >= 0.3 is 0 Å². The van der Waals surface area contributed by atoms with Crippen LogP contribution < -0.4 is 0 Å². The van der Waals surface area contributed by atoms with Crippen LogP contribution in [0.1, 0.15) is 9.67 Å². The molecule has 0 unspecified atom stereocenters. The van der Waals surface area contributed by atoms with Crippen molar-refractivity contribution in [1.29, 1.82) is 0 Å². The van der Waals surface area contributed by atoms with Crippen molar-refractivity contribution in [1.82, 2.24) is 24.8 Å². The summed E-state index contributed by atoms with van der Waals surface area (Å²) in [7, 11) is 0. The van der Waals surface area contributed by atoms with Crippen molar-refractivity contribution in [3.05, 3.63) is 46.7 Å². The zero-order chi connectivity index (χ0) is 17.9. The van der Waals surface area contributed by atoms with E-state index in [9.17, 15) is 9.59 Å². The molecule has 3 aromatic rings. The van der Waals surface area contributed by atoms with Crippen LogP contribution in [0.4, 0.5) is 0 Å². The van der Waals surface area contributed by atoms with E-state index in [4.69, 9.17) is 0 Å².